The first-order valence-corrected chi connectivity index (χ1v) is 4.62. The molecule has 0 aliphatic carbocycles. The van der Waals surface area contributed by atoms with Crippen molar-refractivity contribution in [3.05, 3.63) is 0 Å². The van der Waals surface area contributed by atoms with Crippen molar-refractivity contribution in [3.8, 4) is 0 Å². The van der Waals surface area contributed by atoms with Gasteiger partial charge in [-0.3, -0.25) is 4.55 Å². The number of hydrogen-bond donors (Lipinski definition) is 1. The molecule has 3 nitrogen and oxygen atoms in total. The Morgan fingerprint density at radius 1 is 1.62 bits per heavy atom. The first-order valence-electron chi connectivity index (χ1n) is 1.68. The third-order valence-electron chi connectivity index (χ3n) is 0.267. The Kier molecular flexibility index (Phi) is 7.61. The van der Waals surface area contributed by atoms with Crippen LogP contribution in [0.3, 0.4) is 0 Å². The minimum atomic E-state index is -3.76. The van der Waals surface area contributed by atoms with Crippen molar-refractivity contribution >= 4 is 49.5 Å². The van der Waals surface area contributed by atoms with Gasteiger partial charge in [0.25, 0.3) is 0 Å². The van der Waals surface area contributed by atoms with Crippen LogP contribution in [0.25, 0.3) is 0 Å². The van der Waals surface area contributed by atoms with Gasteiger partial charge in [-0.1, -0.05) is 6.92 Å². The van der Waals surface area contributed by atoms with Crippen molar-refractivity contribution < 1.29 is 13.0 Å². The van der Waals surface area contributed by atoms with E-state index >= 15 is 0 Å². The molecule has 0 saturated heterocycles. The third-order valence-corrected chi connectivity index (χ3v) is 2.40. The van der Waals surface area contributed by atoms with Crippen LogP contribution in [0.2, 0.25) is 0 Å². The SMILES string of the molecule is CCSS(=O)(=O)O.[NaH]. The second kappa shape index (κ2) is 5.08. The predicted octanol–water partition coefficient (Wildman–Crippen LogP) is -0.106. The Bertz CT molecular complexity index is 128. The van der Waals surface area contributed by atoms with Gasteiger partial charge in [-0.25, -0.2) is 0 Å². The van der Waals surface area contributed by atoms with E-state index < -0.39 is 9.15 Å². The van der Waals surface area contributed by atoms with Crippen LogP contribution >= 0.6 is 10.8 Å². The third kappa shape index (κ3) is 10.3. The van der Waals surface area contributed by atoms with Crippen molar-refractivity contribution in [2.75, 3.05) is 5.75 Å². The Balaban J connectivity index is 0. The van der Waals surface area contributed by atoms with Gasteiger partial charge in [-0.2, -0.15) is 8.42 Å². The molecule has 0 radical (unpaired) electrons. The summed E-state index contributed by atoms with van der Waals surface area (Å²) in [4.78, 5) is 0. The maximum absolute atomic E-state index is 9.75. The minimum absolute atomic E-state index is 0. The topological polar surface area (TPSA) is 54.4 Å². The van der Waals surface area contributed by atoms with E-state index in [0.717, 1.165) is 0 Å². The molecule has 0 fully saturated rings. The molecule has 0 aromatic carbocycles. The van der Waals surface area contributed by atoms with Crippen LogP contribution in [0, 0.1) is 0 Å². The molecular formula is C2H7NaO3S2. The summed E-state index contributed by atoms with van der Waals surface area (Å²) in [5.41, 5.74) is 0. The molecule has 0 spiro atoms. The van der Waals surface area contributed by atoms with Gasteiger partial charge in [-0.05, 0) is 10.8 Å². The average molecular weight is 166 g/mol. The second-order valence-corrected chi connectivity index (χ2v) is 4.47. The molecule has 0 saturated carbocycles. The summed E-state index contributed by atoms with van der Waals surface area (Å²) in [5, 5.41) is 0. The van der Waals surface area contributed by atoms with E-state index in [2.05, 4.69) is 0 Å². The number of hydrogen-bond acceptors (Lipinski definition) is 3. The molecule has 0 amide bonds. The van der Waals surface area contributed by atoms with Gasteiger partial charge in [-0.15, -0.1) is 0 Å². The molecular weight excluding hydrogens is 159 g/mol. The van der Waals surface area contributed by atoms with Crippen LogP contribution in [-0.2, 0) is 9.15 Å². The zero-order valence-corrected chi connectivity index (χ0v) is 5.42. The normalized spacial score (nSPS) is 10.2. The summed E-state index contributed by atoms with van der Waals surface area (Å²) in [7, 11) is -3.24. The quantitative estimate of drug-likeness (QED) is 0.353. The monoisotopic (exact) mass is 166 g/mol. The van der Waals surface area contributed by atoms with Crippen LogP contribution in [0.5, 0.6) is 0 Å². The van der Waals surface area contributed by atoms with E-state index in [9.17, 15) is 8.42 Å². The standard InChI is InChI=1S/C2H6O3S2.Na.H/c1-2-6-7(3,4)5;;/h2H2,1H3,(H,3,4,5);;. The summed E-state index contributed by atoms with van der Waals surface area (Å²) >= 11 is 0. The molecule has 46 valence electrons. The second-order valence-electron chi connectivity index (χ2n) is 0.834. The van der Waals surface area contributed by atoms with E-state index in [1.54, 1.807) is 6.92 Å². The zero-order valence-electron chi connectivity index (χ0n) is 3.79. The Morgan fingerprint density at radius 2 is 2.00 bits per heavy atom. The molecule has 1 N–H and O–H groups in total. The average Bonchev–Trinajstić information content (AvgIpc) is 1.30. The van der Waals surface area contributed by atoms with E-state index in [1.165, 1.54) is 0 Å². The summed E-state index contributed by atoms with van der Waals surface area (Å²) in [6, 6.07) is 0. The van der Waals surface area contributed by atoms with Gasteiger partial charge < -0.3 is 0 Å². The van der Waals surface area contributed by atoms with Crippen LogP contribution in [0.4, 0.5) is 0 Å². The molecule has 0 atom stereocenters. The molecule has 6 heteroatoms. The van der Waals surface area contributed by atoms with Crippen LogP contribution in [0.1, 0.15) is 6.92 Å². The molecule has 8 heavy (non-hydrogen) atoms. The van der Waals surface area contributed by atoms with Crippen molar-refractivity contribution in [2.45, 2.75) is 6.92 Å². The van der Waals surface area contributed by atoms with Crippen LogP contribution in [-0.4, -0.2) is 48.3 Å². The molecule has 0 aromatic heterocycles. The Labute approximate surface area is 74.7 Å². The molecule has 0 unspecified atom stereocenters. The van der Waals surface area contributed by atoms with E-state index in [0.29, 0.717) is 16.5 Å². The summed E-state index contributed by atoms with van der Waals surface area (Å²) in [6.45, 7) is 1.65. The van der Waals surface area contributed by atoms with Gasteiger partial charge in [0.15, 0.2) is 0 Å². The Morgan fingerprint density at radius 3 is 2.00 bits per heavy atom. The molecule has 0 aliphatic heterocycles. The predicted molar refractivity (Wildman–Crippen MR) is 36.8 cm³/mol. The first-order chi connectivity index (χ1) is 3.06. The van der Waals surface area contributed by atoms with E-state index in [4.69, 9.17) is 4.55 Å². The van der Waals surface area contributed by atoms with E-state index in [-0.39, 0.29) is 29.6 Å². The maximum atomic E-state index is 9.75. The molecule has 0 rings (SSSR count). The fourth-order valence-corrected chi connectivity index (χ4v) is 1.34. The molecule has 0 aromatic rings. The van der Waals surface area contributed by atoms with Crippen LogP contribution < -0.4 is 0 Å². The van der Waals surface area contributed by atoms with E-state index in [1.807, 2.05) is 0 Å². The van der Waals surface area contributed by atoms with Gasteiger partial charge in [0.2, 0.25) is 0 Å². The van der Waals surface area contributed by atoms with Gasteiger partial charge >= 0.3 is 38.7 Å². The van der Waals surface area contributed by atoms with Crippen LogP contribution in [0.15, 0.2) is 0 Å². The van der Waals surface area contributed by atoms with Gasteiger partial charge in [0.05, 0.1) is 0 Å². The fourth-order valence-electron chi connectivity index (χ4n) is 0.149. The van der Waals surface area contributed by atoms with Crippen molar-refractivity contribution in [1.29, 1.82) is 0 Å². The van der Waals surface area contributed by atoms with Gasteiger partial charge in [0.1, 0.15) is 0 Å². The van der Waals surface area contributed by atoms with Crippen molar-refractivity contribution in [3.63, 3.8) is 0 Å². The fraction of sp³-hybridized carbons (Fsp3) is 1.00. The Hall–Kier alpha value is 1.26. The van der Waals surface area contributed by atoms with Gasteiger partial charge in [0, 0.05) is 5.75 Å². The van der Waals surface area contributed by atoms with Crippen molar-refractivity contribution in [2.24, 2.45) is 0 Å². The summed E-state index contributed by atoms with van der Waals surface area (Å²) in [5.74, 6) is 0.388. The number of rotatable bonds is 2. The summed E-state index contributed by atoms with van der Waals surface area (Å²) < 4.78 is 27.5. The molecule has 0 heterocycles. The summed E-state index contributed by atoms with van der Waals surface area (Å²) in [6.07, 6.45) is 0. The van der Waals surface area contributed by atoms with Crippen molar-refractivity contribution in [1.82, 2.24) is 0 Å². The first kappa shape index (κ1) is 12.0. The molecule has 0 bridgehead atoms. The molecule has 0 aliphatic rings. The zero-order chi connectivity index (χ0) is 5.91.